The SMILES string of the molecule is COC1(CC(=O)Cc2cccc(Cl)c2)CCC1. The standard InChI is InChI=1S/C14H17ClO2/c1-17-14(6-3-7-14)10-13(16)9-11-4-2-5-12(15)8-11/h2,4-5,8H,3,6-7,9-10H2,1H3. The van der Waals surface area contributed by atoms with E-state index in [9.17, 15) is 4.79 Å². The highest BCUT2D eigenvalue weighted by Gasteiger charge is 2.38. The smallest absolute Gasteiger partial charge is 0.140 e. The van der Waals surface area contributed by atoms with Gasteiger partial charge in [-0.2, -0.15) is 0 Å². The van der Waals surface area contributed by atoms with Crippen LogP contribution in [0.5, 0.6) is 0 Å². The molecule has 0 aliphatic heterocycles. The van der Waals surface area contributed by atoms with E-state index < -0.39 is 0 Å². The van der Waals surface area contributed by atoms with Gasteiger partial charge in [-0.1, -0.05) is 23.7 Å². The molecule has 17 heavy (non-hydrogen) atoms. The summed E-state index contributed by atoms with van der Waals surface area (Å²) in [6.07, 6.45) is 4.15. The van der Waals surface area contributed by atoms with Gasteiger partial charge in [-0.3, -0.25) is 4.79 Å². The molecular formula is C14H17ClO2. The zero-order chi connectivity index (χ0) is 12.3. The second-order valence-corrected chi connectivity index (χ2v) is 5.20. The van der Waals surface area contributed by atoms with Crippen molar-refractivity contribution in [1.82, 2.24) is 0 Å². The van der Waals surface area contributed by atoms with Crippen LogP contribution in [0, 0.1) is 0 Å². The van der Waals surface area contributed by atoms with Gasteiger partial charge >= 0.3 is 0 Å². The first kappa shape index (κ1) is 12.6. The van der Waals surface area contributed by atoms with Gasteiger partial charge in [0.25, 0.3) is 0 Å². The lowest BCUT2D eigenvalue weighted by atomic mass is 9.76. The van der Waals surface area contributed by atoms with Gasteiger partial charge in [-0.05, 0) is 37.0 Å². The van der Waals surface area contributed by atoms with E-state index in [-0.39, 0.29) is 11.4 Å². The fourth-order valence-corrected chi connectivity index (χ4v) is 2.53. The molecule has 0 radical (unpaired) electrons. The maximum Gasteiger partial charge on any atom is 0.140 e. The van der Waals surface area contributed by atoms with Gasteiger partial charge in [0.05, 0.1) is 5.60 Å². The second-order valence-electron chi connectivity index (χ2n) is 4.76. The summed E-state index contributed by atoms with van der Waals surface area (Å²) in [5, 5.41) is 0.681. The number of halogens is 1. The van der Waals surface area contributed by atoms with Gasteiger partial charge in [0.2, 0.25) is 0 Å². The number of carbonyl (C=O) groups excluding carboxylic acids is 1. The first-order valence-electron chi connectivity index (χ1n) is 5.95. The number of benzene rings is 1. The Kier molecular flexibility index (Phi) is 3.85. The Balaban J connectivity index is 1.93. The highest BCUT2D eigenvalue weighted by molar-refractivity contribution is 6.30. The molecule has 1 aliphatic carbocycles. The molecule has 0 unspecified atom stereocenters. The Morgan fingerprint density at radius 3 is 2.76 bits per heavy atom. The lowest BCUT2D eigenvalue weighted by molar-refractivity contribution is -0.131. The molecular weight excluding hydrogens is 236 g/mol. The van der Waals surface area contributed by atoms with Crippen LogP contribution < -0.4 is 0 Å². The first-order valence-corrected chi connectivity index (χ1v) is 6.33. The number of Topliss-reactive ketones (excluding diaryl/α,β-unsaturated/α-hetero) is 1. The van der Waals surface area contributed by atoms with E-state index in [1.807, 2.05) is 24.3 Å². The second kappa shape index (κ2) is 5.19. The van der Waals surface area contributed by atoms with Gasteiger partial charge in [0.1, 0.15) is 5.78 Å². The summed E-state index contributed by atoms with van der Waals surface area (Å²) in [6, 6.07) is 7.47. The van der Waals surface area contributed by atoms with Crippen LogP contribution in [0.4, 0.5) is 0 Å². The predicted octanol–water partition coefficient (Wildman–Crippen LogP) is 3.41. The normalized spacial score (nSPS) is 17.5. The van der Waals surface area contributed by atoms with E-state index in [0.717, 1.165) is 24.8 Å². The summed E-state index contributed by atoms with van der Waals surface area (Å²) in [7, 11) is 1.70. The Labute approximate surface area is 107 Å². The van der Waals surface area contributed by atoms with Crippen molar-refractivity contribution in [2.24, 2.45) is 0 Å². The summed E-state index contributed by atoms with van der Waals surface area (Å²) < 4.78 is 5.46. The molecule has 0 aromatic heterocycles. The van der Waals surface area contributed by atoms with Crippen molar-refractivity contribution in [3.8, 4) is 0 Å². The van der Waals surface area contributed by atoms with E-state index in [4.69, 9.17) is 16.3 Å². The molecule has 0 heterocycles. The van der Waals surface area contributed by atoms with Crippen molar-refractivity contribution < 1.29 is 9.53 Å². The number of methoxy groups -OCH3 is 1. The number of hydrogen-bond acceptors (Lipinski definition) is 2. The van der Waals surface area contributed by atoms with Gasteiger partial charge in [0, 0.05) is 25.0 Å². The van der Waals surface area contributed by atoms with E-state index >= 15 is 0 Å². The van der Waals surface area contributed by atoms with Crippen molar-refractivity contribution >= 4 is 17.4 Å². The minimum absolute atomic E-state index is 0.171. The third-order valence-electron chi connectivity index (χ3n) is 3.51. The fourth-order valence-electron chi connectivity index (χ4n) is 2.32. The summed E-state index contributed by atoms with van der Waals surface area (Å²) in [4.78, 5) is 12.0. The van der Waals surface area contributed by atoms with Crippen LogP contribution in [0.1, 0.15) is 31.2 Å². The summed E-state index contributed by atoms with van der Waals surface area (Å²) in [5.41, 5.74) is 0.809. The maximum absolute atomic E-state index is 12.0. The summed E-state index contributed by atoms with van der Waals surface area (Å²) >= 11 is 5.89. The number of carbonyl (C=O) groups is 1. The largest absolute Gasteiger partial charge is 0.378 e. The number of ketones is 1. The third-order valence-corrected chi connectivity index (χ3v) is 3.74. The molecule has 1 saturated carbocycles. The van der Waals surface area contributed by atoms with Crippen molar-refractivity contribution in [1.29, 1.82) is 0 Å². The average Bonchev–Trinajstić information content (AvgIpc) is 2.23. The van der Waals surface area contributed by atoms with Crippen LogP contribution in [0.2, 0.25) is 5.02 Å². The van der Waals surface area contributed by atoms with Crippen LogP contribution in [0.3, 0.4) is 0 Å². The number of rotatable bonds is 5. The van der Waals surface area contributed by atoms with Crippen molar-refractivity contribution in [2.75, 3.05) is 7.11 Å². The molecule has 92 valence electrons. The fraction of sp³-hybridized carbons (Fsp3) is 0.500. The van der Waals surface area contributed by atoms with Crippen LogP contribution in [-0.2, 0) is 16.0 Å². The molecule has 0 spiro atoms. The highest BCUT2D eigenvalue weighted by atomic mass is 35.5. The molecule has 1 aliphatic rings. The lowest BCUT2D eigenvalue weighted by Crippen LogP contribution is -2.41. The molecule has 0 amide bonds. The summed E-state index contributed by atoms with van der Waals surface area (Å²) in [5.74, 6) is 0.230. The van der Waals surface area contributed by atoms with Crippen LogP contribution in [0.15, 0.2) is 24.3 Å². The molecule has 1 fully saturated rings. The first-order chi connectivity index (χ1) is 8.13. The predicted molar refractivity (Wildman–Crippen MR) is 68.4 cm³/mol. The number of hydrogen-bond donors (Lipinski definition) is 0. The zero-order valence-electron chi connectivity index (χ0n) is 10.0. The van der Waals surface area contributed by atoms with E-state index in [2.05, 4.69) is 0 Å². The molecule has 0 saturated heterocycles. The molecule has 3 heteroatoms. The van der Waals surface area contributed by atoms with E-state index in [1.165, 1.54) is 0 Å². The molecule has 0 bridgehead atoms. The summed E-state index contributed by atoms with van der Waals surface area (Å²) in [6.45, 7) is 0. The quantitative estimate of drug-likeness (QED) is 0.803. The molecule has 2 nitrogen and oxygen atoms in total. The van der Waals surface area contributed by atoms with Gasteiger partial charge in [-0.15, -0.1) is 0 Å². The van der Waals surface area contributed by atoms with E-state index in [1.54, 1.807) is 7.11 Å². The van der Waals surface area contributed by atoms with Crippen LogP contribution in [-0.4, -0.2) is 18.5 Å². The molecule has 2 rings (SSSR count). The lowest BCUT2D eigenvalue weighted by Gasteiger charge is -2.40. The van der Waals surface area contributed by atoms with Crippen LogP contribution >= 0.6 is 11.6 Å². The molecule has 0 atom stereocenters. The Bertz CT molecular complexity index is 405. The van der Waals surface area contributed by atoms with Crippen molar-refractivity contribution in [3.63, 3.8) is 0 Å². The Morgan fingerprint density at radius 1 is 1.47 bits per heavy atom. The minimum atomic E-state index is -0.171. The average molecular weight is 253 g/mol. The zero-order valence-corrected chi connectivity index (χ0v) is 10.8. The minimum Gasteiger partial charge on any atom is -0.378 e. The Hall–Kier alpha value is -0.860. The van der Waals surface area contributed by atoms with Crippen molar-refractivity contribution in [2.45, 2.75) is 37.7 Å². The van der Waals surface area contributed by atoms with Crippen molar-refractivity contribution in [3.05, 3.63) is 34.9 Å². The number of ether oxygens (including phenoxy) is 1. The van der Waals surface area contributed by atoms with Crippen LogP contribution in [0.25, 0.3) is 0 Å². The van der Waals surface area contributed by atoms with Gasteiger partial charge in [0.15, 0.2) is 0 Å². The molecule has 0 N–H and O–H groups in total. The van der Waals surface area contributed by atoms with Gasteiger partial charge in [-0.25, -0.2) is 0 Å². The molecule has 1 aromatic carbocycles. The van der Waals surface area contributed by atoms with Gasteiger partial charge < -0.3 is 4.74 Å². The topological polar surface area (TPSA) is 26.3 Å². The monoisotopic (exact) mass is 252 g/mol. The van der Waals surface area contributed by atoms with E-state index in [0.29, 0.717) is 17.9 Å². The Morgan fingerprint density at radius 2 is 2.24 bits per heavy atom. The maximum atomic E-state index is 12.0. The third kappa shape index (κ3) is 3.08. The highest BCUT2D eigenvalue weighted by Crippen LogP contribution is 2.38. The molecule has 1 aromatic rings.